The van der Waals surface area contributed by atoms with Crippen LogP contribution in [0.5, 0.6) is 0 Å². The van der Waals surface area contributed by atoms with E-state index in [2.05, 4.69) is 0 Å². The predicted octanol–water partition coefficient (Wildman–Crippen LogP) is 2.73. The maximum Gasteiger partial charge on any atom is 0.233 e. The average Bonchev–Trinajstić information content (AvgIpc) is 3.29. The molecule has 1 aromatic heterocycles. The SMILES string of the molecule is O=C(CSCC(O)c1ccccc1)N(Cc1cccs1)C1CCS(=O)(=O)C1. The molecule has 0 spiro atoms. The molecule has 2 atom stereocenters. The Hall–Kier alpha value is -1.35. The van der Waals surface area contributed by atoms with Crippen molar-refractivity contribution in [1.82, 2.24) is 4.90 Å². The Bertz CT molecular complexity index is 837. The Morgan fingerprint density at radius 2 is 2.04 bits per heavy atom. The van der Waals surface area contributed by atoms with Crippen molar-refractivity contribution in [3.8, 4) is 0 Å². The van der Waals surface area contributed by atoms with Gasteiger partial charge in [-0.15, -0.1) is 23.1 Å². The smallest absolute Gasteiger partial charge is 0.233 e. The van der Waals surface area contributed by atoms with Gasteiger partial charge in [0, 0.05) is 16.7 Å². The molecule has 0 aliphatic carbocycles. The highest BCUT2D eigenvalue weighted by atomic mass is 32.2. The van der Waals surface area contributed by atoms with Crippen molar-refractivity contribution >= 4 is 38.8 Å². The van der Waals surface area contributed by atoms with Gasteiger partial charge in [-0.25, -0.2) is 8.42 Å². The summed E-state index contributed by atoms with van der Waals surface area (Å²) in [4.78, 5) is 15.6. The van der Waals surface area contributed by atoms with Crippen molar-refractivity contribution < 1.29 is 18.3 Å². The first-order valence-electron chi connectivity index (χ1n) is 8.77. The summed E-state index contributed by atoms with van der Waals surface area (Å²) in [6.07, 6.45) is -0.127. The van der Waals surface area contributed by atoms with Crippen LogP contribution in [0.2, 0.25) is 0 Å². The zero-order valence-electron chi connectivity index (χ0n) is 14.9. The third-order valence-corrected chi connectivity index (χ3v) is 8.18. The van der Waals surface area contributed by atoms with Gasteiger partial charge < -0.3 is 10.0 Å². The van der Waals surface area contributed by atoms with E-state index in [0.29, 0.717) is 18.7 Å². The first-order chi connectivity index (χ1) is 12.9. The van der Waals surface area contributed by atoms with Crippen LogP contribution >= 0.6 is 23.1 Å². The quantitative estimate of drug-likeness (QED) is 0.704. The molecular weight excluding hydrogens is 402 g/mol. The number of benzene rings is 1. The molecule has 2 heterocycles. The van der Waals surface area contributed by atoms with Gasteiger partial charge in [-0.1, -0.05) is 36.4 Å². The minimum absolute atomic E-state index is 0.0431. The number of carbonyl (C=O) groups excluding carboxylic acids is 1. The molecule has 5 nitrogen and oxygen atoms in total. The van der Waals surface area contributed by atoms with E-state index in [1.807, 2.05) is 47.8 Å². The Balaban J connectivity index is 1.59. The van der Waals surface area contributed by atoms with E-state index in [9.17, 15) is 18.3 Å². The number of rotatable bonds is 8. The first-order valence-corrected chi connectivity index (χ1v) is 12.6. The van der Waals surface area contributed by atoms with E-state index in [1.54, 1.807) is 16.2 Å². The van der Waals surface area contributed by atoms with Crippen molar-refractivity contribution in [3.63, 3.8) is 0 Å². The molecule has 0 saturated carbocycles. The van der Waals surface area contributed by atoms with Gasteiger partial charge in [0.25, 0.3) is 0 Å². The van der Waals surface area contributed by atoms with Crippen LogP contribution in [-0.4, -0.2) is 53.4 Å². The van der Waals surface area contributed by atoms with E-state index in [1.165, 1.54) is 11.8 Å². The molecule has 1 N–H and O–H groups in total. The molecule has 2 unspecified atom stereocenters. The standard InChI is InChI=1S/C19H23NO4S3/c21-18(15-5-2-1-3-6-15)12-25-13-19(22)20(11-17-7-4-9-26-17)16-8-10-27(23,24)14-16/h1-7,9,16,18,21H,8,10-14H2. The highest BCUT2D eigenvalue weighted by Gasteiger charge is 2.34. The molecule has 1 fully saturated rings. The molecule has 1 amide bonds. The summed E-state index contributed by atoms with van der Waals surface area (Å²) in [7, 11) is -3.06. The monoisotopic (exact) mass is 425 g/mol. The number of aliphatic hydroxyl groups excluding tert-OH is 1. The molecule has 1 aromatic carbocycles. The van der Waals surface area contributed by atoms with Gasteiger partial charge in [0.05, 0.1) is 29.9 Å². The number of thioether (sulfide) groups is 1. The maximum absolute atomic E-state index is 12.8. The molecule has 146 valence electrons. The lowest BCUT2D eigenvalue weighted by Gasteiger charge is -2.28. The number of sulfone groups is 1. The number of hydrogen-bond acceptors (Lipinski definition) is 6. The molecule has 1 saturated heterocycles. The van der Waals surface area contributed by atoms with Crippen LogP contribution < -0.4 is 0 Å². The topological polar surface area (TPSA) is 74.7 Å². The van der Waals surface area contributed by atoms with Gasteiger partial charge in [-0.05, 0) is 23.4 Å². The van der Waals surface area contributed by atoms with Crippen LogP contribution in [0.3, 0.4) is 0 Å². The van der Waals surface area contributed by atoms with Crippen molar-refractivity contribution in [3.05, 3.63) is 58.3 Å². The minimum Gasteiger partial charge on any atom is -0.388 e. The van der Waals surface area contributed by atoms with Crippen molar-refractivity contribution in [2.75, 3.05) is 23.0 Å². The second kappa shape index (κ2) is 9.23. The van der Waals surface area contributed by atoms with E-state index in [0.717, 1.165) is 10.4 Å². The molecule has 2 aromatic rings. The Morgan fingerprint density at radius 1 is 1.26 bits per heavy atom. The number of aliphatic hydroxyl groups is 1. The zero-order valence-corrected chi connectivity index (χ0v) is 17.3. The van der Waals surface area contributed by atoms with E-state index >= 15 is 0 Å². The lowest BCUT2D eigenvalue weighted by atomic mass is 10.1. The van der Waals surface area contributed by atoms with Gasteiger partial charge in [-0.2, -0.15) is 0 Å². The summed E-state index contributed by atoms with van der Waals surface area (Å²) in [5.74, 6) is 0.764. The molecular formula is C19H23NO4S3. The molecule has 27 heavy (non-hydrogen) atoms. The fraction of sp³-hybridized carbons (Fsp3) is 0.421. The van der Waals surface area contributed by atoms with Gasteiger partial charge in [0.2, 0.25) is 5.91 Å². The highest BCUT2D eigenvalue weighted by Crippen LogP contribution is 2.24. The van der Waals surface area contributed by atoms with Crippen molar-refractivity contribution in [1.29, 1.82) is 0 Å². The van der Waals surface area contributed by atoms with Crippen LogP contribution in [0, 0.1) is 0 Å². The summed E-state index contributed by atoms with van der Waals surface area (Å²) in [5.41, 5.74) is 0.828. The minimum atomic E-state index is -3.06. The second-order valence-electron chi connectivity index (χ2n) is 6.60. The number of hydrogen-bond donors (Lipinski definition) is 1. The fourth-order valence-electron chi connectivity index (χ4n) is 3.12. The molecule has 0 bridgehead atoms. The van der Waals surface area contributed by atoms with Gasteiger partial charge >= 0.3 is 0 Å². The molecule has 8 heteroatoms. The Kier molecular flexibility index (Phi) is 6.97. The largest absolute Gasteiger partial charge is 0.388 e. The second-order valence-corrected chi connectivity index (χ2v) is 10.9. The summed E-state index contributed by atoms with van der Waals surface area (Å²) in [6, 6.07) is 13.0. The van der Waals surface area contributed by atoms with Crippen LogP contribution in [0.15, 0.2) is 47.8 Å². The number of carbonyl (C=O) groups is 1. The zero-order chi connectivity index (χ0) is 19.3. The van der Waals surface area contributed by atoms with Crippen LogP contribution in [0.1, 0.15) is 23.0 Å². The molecule has 1 aliphatic heterocycles. The summed E-state index contributed by atoms with van der Waals surface area (Å²) >= 11 is 2.94. The summed E-state index contributed by atoms with van der Waals surface area (Å²) < 4.78 is 23.7. The van der Waals surface area contributed by atoms with E-state index < -0.39 is 15.9 Å². The van der Waals surface area contributed by atoms with Crippen molar-refractivity contribution in [2.24, 2.45) is 0 Å². The number of nitrogens with zero attached hydrogens (tertiary/aromatic N) is 1. The number of thiophene rings is 1. The number of amides is 1. The highest BCUT2D eigenvalue weighted by molar-refractivity contribution is 7.99. The van der Waals surface area contributed by atoms with Gasteiger partial charge in [0.15, 0.2) is 9.84 Å². The third-order valence-electron chi connectivity index (χ3n) is 4.56. The third kappa shape index (κ3) is 5.81. The predicted molar refractivity (Wildman–Crippen MR) is 111 cm³/mol. The van der Waals surface area contributed by atoms with Crippen LogP contribution in [0.4, 0.5) is 0 Å². The van der Waals surface area contributed by atoms with Crippen LogP contribution in [-0.2, 0) is 21.2 Å². The summed E-state index contributed by atoms with van der Waals surface area (Å²) in [5, 5.41) is 12.2. The Labute approximate surface area is 168 Å². The van der Waals surface area contributed by atoms with Gasteiger partial charge in [-0.3, -0.25) is 4.79 Å². The first kappa shape index (κ1) is 20.4. The molecule has 3 rings (SSSR count). The lowest BCUT2D eigenvalue weighted by molar-refractivity contribution is -0.130. The van der Waals surface area contributed by atoms with Gasteiger partial charge in [0.1, 0.15) is 0 Å². The van der Waals surface area contributed by atoms with E-state index in [4.69, 9.17) is 0 Å². The summed E-state index contributed by atoms with van der Waals surface area (Å²) in [6.45, 7) is 0.443. The lowest BCUT2D eigenvalue weighted by Crippen LogP contribution is -2.41. The van der Waals surface area contributed by atoms with Crippen LogP contribution in [0.25, 0.3) is 0 Å². The fourth-order valence-corrected chi connectivity index (χ4v) is 6.43. The van der Waals surface area contributed by atoms with E-state index in [-0.39, 0.29) is 29.2 Å². The maximum atomic E-state index is 12.8. The average molecular weight is 426 g/mol. The molecule has 1 aliphatic rings. The molecule has 0 radical (unpaired) electrons. The normalized spacial score (nSPS) is 19.7. The van der Waals surface area contributed by atoms with Crippen molar-refractivity contribution in [2.45, 2.75) is 25.1 Å². The Morgan fingerprint density at radius 3 is 2.67 bits per heavy atom.